The Labute approximate surface area is 136 Å². The maximum Gasteiger partial charge on any atom is 0.295 e. The van der Waals surface area contributed by atoms with E-state index in [1.54, 1.807) is 29.7 Å². The summed E-state index contributed by atoms with van der Waals surface area (Å²) in [7, 11) is 1.52. The van der Waals surface area contributed by atoms with E-state index in [0.717, 1.165) is 0 Å². The van der Waals surface area contributed by atoms with Crippen LogP contribution in [0.4, 0.5) is 10.1 Å². The predicted octanol–water partition coefficient (Wildman–Crippen LogP) is 2.44. The molecule has 0 spiro atoms. The van der Waals surface area contributed by atoms with Gasteiger partial charge in [-0.25, -0.2) is 9.87 Å². The number of carbonyl (C=O) groups is 1. The molecule has 8 heteroatoms. The summed E-state index contributed by atoms with van der Waals surface area (Å²) < 4.78 is 18.6. The third-order valence-electron chi connectivity index (χ3n) is 3.60. The van der Waals surface area contributed by atoms with Crippen LogP contribution in [-0.2, 0) is 6.54 Å². The fourth-order valence-electron chi connectivity index (χ4n) is 2.43. The number of fused-ring (bicyclic) bond motifs is 1. The first-order valence-electron chi connectivity index (χ1n) is 7.11. The number of carbonyl (C=O) groups excluding carboxylic acids is 1. The highest BCUT2D eigenvalue weighted by atomic mass is 19.1. The maximum absolute atomic E-state index is 13.4. The van der Waals surface area contributed by atoms with Gasteiger partial charge >= 0.3 is 0 Å². The summed E-state index contributed by atoms with van der Waals surface area (Å²) in [6.45, 7) is 0.339. The number of nitrogens with zero attached hydrogens (tertiary/aromatic N) is 1. The van der Waals surface area contributed by atoms with E-state index in [1.807, 2.05) is 0 Å². The van der Waals surface area contributed by atoms with Crippen molar-refractivity contribution in [2.24, 2.45) is 0 Å². The Hall–Kier alpha value is -3.13. The zero-order chi connectivity index (χ0) is 17.1. The van der Waals surface area contributed by atoms with Crippen LogP contribution in [0.5, 0.6) is 5.75 Å². The van der Waals surface area contributed by atoms with Crippen molar-refractivity contribution in [2.45, 2.75) is 6.54 Å². The van der Waals surface area contributed by atoms with Gasteiger partial charge in [-0.05, 0) is 36.4 Å². The van der Waals surface area contributed by atoms with Crippen molar-refractivity contribution in [1.82, 2.24) is 15.7 Å². The van der Waals surface area contributed by atoms with Crippen LogP contribution in [-0.4, -0.2) is 28.4 Å². The highest BCUT2D eigenvalue weighted by Gasteiger charge is 2.14. The fourth-order valence-corrected chi connectivity index (χ4v) is 2.43. The van der Waals surface area contributed by atoms with Crippen molar-refractivity contribution < 1.29 is 19.1 Å². The molecule has 1 amide bonds. The zero-order valence-electron chi connectivity index (χ0n) is 12.8. The number of anilines is 1. The van der Waals surface area contributed by atoms with Gasteiger partial charge in [-0.3, -0.25) is 15.1 Å². The zero-order valence-corrected chi connectivity index (χ0v) is 12.8. The van der Waals surface area contributed by atoms with Crippen LogP contribution in [0.3, 0.4) is 0 Å². The van der Waals surface area contributed by atoms with E-state index < -0.39 is 5.91 Å². The third-order valence-corrected chi connectivity index (χ3v) is 3.60. The molecule has 24 heavy (non-hydrogen) atoms. The van der Waals surface area contributed by atoms with E-state index in [-0.39, 0.29) is 11.5 Å². The summed E-state index contributed by atoms with van der Waals surface area (Å²) in [5.41, 5.74) is 3.67. The molecule has 0 fully saturated rings. The van der Waals surface area contributed by atoms with Crippen molar-refractivity contribution in [1.29, 1.82) is 0 Å². The summed E-state index contributed by atoms with van der Waals surface area (Å²) in [4.78, 5) is 11.6. The Morgan fingerprint density at radius 3 is 2.92 bits per heavy atom. The van der Waals surface area contributed by atoms with Crippen molar-refractivity contribution in [3.63, 3.8) is 0 Å². The Bertz CT molecular complexity index is 894. The van der Waals surface area contributed by atoms with Gasteiger partial charge in [-0.2, -0.15) is 5.10 Å². The van der Waals surface area contributed by atoms with Crippen molar-refractivity contribution in [3.05, 3.63) is 53.5 Å². The molecule has 3 aromatic rings. The molecule has 1 aromatic heterocycles. The first-order chi connectivity index (χ1) is 11.6. The number of H-pyrrole nitrogens is 1. The summed E-state index contributed by atoms with van der Waals surface area (Å²) in [6, 6.07) is 9.56. The molecule has 3 rings (SSSR count). The molecule has 0 aliphatic carbocycles. The molecule has 0 saturated heterocycles. The first kappa shape index (κ1) is 15.8. The molecule has 0 bridgehead atoms. The molecule has 0 aliphatic rings. The van der Waals surface area contributed by atoms with Crippen LogP contribution in [0.25, 0.3) is 10.9 Å². The Kier molecular flexibility index (Phi) is 4.30. The number of ether oxygens (including phenoxy) is 1. The van der Waals surface area contributed by atoms with Crippen molar-refractivity contribution >= 4 is 22.5 Å². The highest BCUT2D eigenvalue weighted by Crippen LogP contribution is 2.23. The van der Waals surface area contributed by atoms with Gasteiger partial charge in [0.15, 0.2) is 5.69 Å². The smallest absolute Gasteiger partial charge is 0.295 e. The number of aromatic amines is 1. The number of rotatable bonds is 5. The molecule has 0 aliphatic heterocycles. The SMILES string of the molecule is COc1ccc(F)cc1CNc1ccc2[nH]nc(C(=O)NO)c2c1. The minimum absolute atomic E-state index is 0.0829. The second kappa shape index (κ2) is 6.55. The molecular weight excluding hydrogens is 315 g/mol. The number of benzene rings is 2. The number of nitrogens with one attached hydrogen (secondary N) is 3. The molecule has 2 aromatic carbocycles. The quantitative estimate of drug-likeness (QED) is 0.425. The molecular formula is C16H15FN4O3. The van der Waals surface area contributed by atoms with E-state index in [9.17, 15) is 9.18 Å². The molecule has 0 saturated carbocycles. The van der Waals surface area contributed by atoms with E-state index in [4.69, 9.17) is 9.94 Å². The summed E-state index contributed by atoms with van der Waals surface area (Å²) >= 11 is 0. The molecule has 0 radical (unpaired) electrons. The van der Waals surface area contributed by atoms with E-state index in [1.165, 1.54) is 19.2 Å². The maximum atomic E-state index is 13.4. The molecule has 4 N–H and O–H groups in total. The van der Waals surface area contributed by atoms with E-state index >= 15 is 0 Å². The van der Waals surface area contributed by atoms with Gasteiger partial charge in [-0.15, -0.1) is 0 Å². The standard InChI is InChI=1S/C16H15FN4O3/c1-24-14-5-2-10(17)6-9(14)8-18-11-3-4-13-12(7-11)15(20-19-13)16(22)21-23/h2-7,18,23H,8H2,1H3,(H,19,20)(H,21,22). The van der Waals surface area contributed by atoms with Gasteiger partial charge in [0.05, 0.1) is 12.6 Å². The number of hydroxylamine groups is 1. The largest absolute Gasteiger partial charge is 0.496 e. The highest BCUT2D eigenvalue weighted by molar-refractivity contribution is 6.04. The minimum Gasteiger partial charge on any atom is -0.496 e. The minimum atomic E-state index is -0.704. The topological polar surface area (TPSA) is 99.3 Å². The summed E-state index contributed by atoms with van der Waals surface area (Å²) in [5, 5.41) is 19.0. The van der Waals surface area contributed by atoms with Crippen LogP contribution in [0.15, 0.2) is 36.4 Å². The number of hydrogen-bond donors (Lipinski definition) is 4. The lowest BCUT2D eigenvalue weighted by Crippen LogP contribution is -2.19. The van der Waals surface area contributed by atoms with Crippen LogP contribution >= 0.6 is 0 Å². The van der Waals surface area contributed by atoms with Crippen molar-refractivity contribution in [3.8, 4) is 5.75 Å². The third kappa shape index (κ3) is 2.99. The van der Waals surface area contributed by atoms with Gasteiger partial charge in [0.2, 0.25) is 0 Å². The fraction of sp³-hybridized carbons (Fsp3) is 0.125. The van der Waals surface area contributed by atoms with Crippen LogP contribution < -0.4 is 15.5 Å². The predicted molar refractivity (Wildman–Crippen MR) is 85.6 cm³/mol. The lowest BCUT2D eigenvalue weighted by atomic mass is 10.1. The lowest BCUT2D eigenvalue weighted by Gasteiger charge is -2.11. The number of methoxy groups -OCH3 is 1. The van der Waals surface area contributed by atoms with Crippen LogP contribution in [0.1, 0.15) is 16.1 Å². The number of amides is 1. The van der Waals surface area contributed by atoms with Gasteiger partial charge in [0, 0.05) is 23.2 Å². The average molecular weight is 330 g/mol. The van der Waals surface area contributed by atoms with E-state index in [0.29, 0.717) is 34.4 Å². The molecule has 0 unspecified atom stereocenters. The van der Waals surface area contributed by atoms with Crippen LogP contribution in [0, 0.1) is 5.82 Å². The molecule has 124 valence electrons. The lowest BCUT2D eigenvalue weighted by molar-refractivity contribution is 0.0702. The van der Waals surface area contributed by atoms with Crippen molar-refractivity contribution in [2.75, 3.05) is 12.4 Å². The number of aromatic nitrogens is 2. The number of hydrogen-bond acceptors (Lipinski definition) is 5. The Balaban J connectivity index is 1.86. The van der Waals surface area contributed by atoms with Gasteiger partial charge in [-0.1, -0.05) is 0 Å². The molecule has 7 nitrogen and oxygen atoms in total. The Morgan fingerprint density at radius 2 is 2.17 bits per heavy atom. The second-order valence-corrected chi connectivity index (χ2v) is 5.08. The number of halogens is 1. The molecule has 1 heterocycles. The Morgan fingerprint density at radius 1 is 1.33 bits per heavy atom. The van der Waals surface area contributed by atoms with Gasteiger partial charge in [0.1, 0.15) is 11.6 Å². The first-order valence-corrected chi connectivity index (χ1v) is 7.11. The normalized spacial score (nSPS) is 10.6. The average Bonchev–Trinajstić information content (AvgIpc) is 3.02. The van der Waals surface area contributed by atoms with Crippen LogP contribution in [0.2, 0.25) is 0 Å². The molecule has 0 atom stereocenters. The van der Waals surface area contributed by atoms with Gasteiger partial charge < -0.3 is 10.1 Å². The summed E-state index contributed by atoms with van der Waals surface area (Å²) in [6.07, 6.45) is 0. The van der Waals surface area contributed by atoms with E-state index in [2.05, 4.69) is 15.5 Å². The monoisotopic (exact) mass is 330 g/mol. The summed E-state index contributed by atoms with van der Waals surface area (Å²) in [5.74, 6) is -0.473. The van der Waals surface area contributed by atoms with Gasteiger partial charge in [0.25, 0.3) is 5.91 Å². The second-order valence-electron chi connectivity index (χ2n) is 5.08.